The lowest BCUT2D eigenvalue weighted by molar-refractivity contribution is -0.0500. The molecule has 1 aromatic heterocycles. The summed E-state index contributed by atoms with van der Waals surface area (Å²) in [5.74, 6) is 0.900. The first-order valence-corrected chi connectivity index (χ1v) is 10.9. The fourth-order valence-electron chi connectivity index (χ4n) is 5.55. The molecule has 2 aromatic rings. The minimum atomic E-state index is -5.71. The Morgan fingerprint density at radius 2 is 2.14 bits per heavy atom. The maximum atomic E-state index is 12.6. The first kappa shape index (κ1) is 18.9. The number of alkyl halides is 3. The van der Waals surface area contributed by atoms with Gasteiger partial charge in [0.1, 0.15) is 5.75 Å². The van der Waals surface area contributed by atoms with Crippen molar-refractivity contribution in [3.05, 3.63) is 48.7 Å². The molecular weight excluding hydrogens is 405 g/mol. The van der Waals surface area contributed by atoms with E-state index in [0.717, 1.165) is 24.9 Å². The highest BCUT2D eigenvalue weighted by Gasteiger charge is 2.75. The Morgan fingerprint density at radius 1 is 1.34 bits per heavy atom. The summed E-state index contributed by atoms with van der Waals surface area (Å²) in [5, 5.41) is 0.607. The van der Waals surface area contributed by atoms with Crippen LogP contribution in [0.4, 0.5) is 13.2 Å². The lowest BCUT2D eigenvalue weighted by Gasteiger charge is -2.49. The third-order valence-corrected chi connectivity index (χ3v) is 7.74. The molecule has 154 valence electrons. The zero-order chi connectivity index (χ0) is 20.6. The predicted molar refractivity (Wildman–Crippen MR) is 101 cm³/mol. The van der Waals surface area contributed by atoms with Gasteiger partial charge in [0.25, 0.3) is 0 Å². The Morgan fingerprint density at radius 3 is 2.83 bits per heavy atom. The molecule has 3 heterocycles. The number of halogens is 3. The summed E-state index contributed by atoms with van der Waals surface area (Å²) in [5.41, 5.74) is -3.69. The van der Waals surface area contributed by atoms with Gasteiger partial charge in [0.05, 0.1) is 5.52 Å². The molecule has 29 heavy (non-hydrogen) atoms. The summed E-state index contributed by atoms with van der Waals surface area (Å²) in [6.07, 6.45) is 6.70. The average Bonchev–Trinajstić information content (AvgIpc) is 3.19. The van der Waals surface area contributed by atoms with Crippen LogP contribution in [-0.4, -0.2) is 41.9 Å². The molecule has 4 atom stereocenters. The lowest BCUT2D eigenvalue weighted by Crippen LogP contribution is -2.58. The second kappa shape index (κ2) is 5.95. The Labute approximate surface area is 166 Å². The summed E-state index contributed by atoms with van der Waals surface area (Å²) >= 11 is 0. The third kappa shape index (κ3) is 2.63. The smallest absolute Gasteiger partial charge is 0.376 e. The molecule has 5 rings (SSSR count). The van der Waals surface area contributed by atoms with Crippen LogP contribution in [0.15, 0.2) is 43.1 Å². The van der Waals surface area contributed by atoms with Crippen LogP contribution in [-0.2, 0) is 16.5 Å². The van der Waals surface area contributed by atoms with E-state index in [1.54, 1.807) is 6.20 Å². The summed E-state index contributed by atoms with van der Waals surface area (Å²) in [6, 6.07) is 6.18. The molecule has 5 nitrogen and oxygen atoms in total. The number of aromatic nitrogens is 1. The molecular formula is C20H19F3N2O3S. The summed E-state index contributed by atoms with van der Waals surface area (Å²) in [6.45, 7) is 5.00. The zero-order valence-electron chi connectivity index (χ0n) is 15.4. The van der Waals surface area contributed by atoms with E-state index in [0.29, 0.717) is 28.8 Å². The van der Waals surface area contributed by atoms with E-state index in [1.165, 1.54) is 24.6 Å². The molecule has 0 bridgehead atoms. The lowest BCUT2D eigenvalue weighted by atomic mass is 9.84. The van der Waals surface area contributed by atoms with Gasteiger partial charge in [-0.05, 0) is 67.5 Å². The molecule has 0 radical (unpaired) electrons. The third-order valence-electron chi connectivity index (χ3n) is 6.77. The minimum Gasteiger partial charge on any atom is -0.376 e. The molecule has 1 aromatic carbocycles. The highest BCUT2D eigenvalue weighted by molar-refractivity contribution is 7.88. The van der Waals surface area contributed by atoms with Crippen LogP contribution in [0.2, 0.25) is 0 Å². The molecule has 2 aliphatic heterocycles. The Bertz CT molecular complexity index is 1120. The summed E-state index contributed by atoms with van der Waals surface area (Å²) < 4.78 is 64.8. The molecule has 3 aliphatic rings. The number of nitrogens with zero attached hydrogens (tertiary/aromatic N) is 2. The van der Waals surface area contributed by atoms with Crippen molar-refractivity contribution in [1.82, 2.24) is 9.88 Å². The quantitative estimate of drug-likeness (QED) is 0.417. The van der Waals surface area contributed by atoms with Crippen molar-refractivity contribution in [1.29, 1.82) is 0 Å². The molecule has 0 N–H and O–H groups in total. The highest BCUT2D eigenvalue weighted by atomic mass is 32.2. The van der Waals surface area contributed by atoms with Gasteiger partial charge < -0.3 is 4.18 Å². The van der Waals surface area contributed by atoms with E-state index in [2.05, 4.69) is 26.7 Å². The van der Waals surface area contributed by atoms with Crippen molar-refractivity contribution in [2.45, 2.75) is 36.4 Å². The first-order chi connectivity index (χ1) is 13.7. The molecule has 1 saturated carbocycles. The van der Waals surface area contributed by atoms with E-state index >= 15 is 0 Å². The summed E-state index contributed by atoms with van der Waals surface area (Å²) in [7, 11) is -5.71. The van der Waals surface area contributed by atoms with Gasteiger partial charge in [0.2, 0.25) is 0 Å². The number of hydrogen-bond acceptors (Lipinski definition) is 5. The van der Waals surface area contributed by atoms with Gasteiger partial charge in [0, 0.05) is 23.2 Å². The molecule has 9 heteroatoms. The number of benzene rings is 1. The van der Waals surface area contributed by atoms with Gasteiger partial charge in [-0.2, -0.15) is 21.6 Å². The Kier molecular flexibility index (Phi) is 3.87. The second-order valence-electron chi connectivity index (χ2n) is 8.04. The van der Waals surface area contributed by atoms with Gasteiger partial charge in [-0.15, -0.1) is 6.58 Å². The number of fused-ring (bicyclic) bond motifs is 1. The maximum Gasteiger partial charge on any atom is 0.534 e. The topological polar surface area (TPSA) is 59.5 Å². The highest BCUT2D eigenvalue weighted by Crippen LogP contribution is 2.70. The van der Waals surface area contributed by atoms with Crippen molar-refractivity contribution >= 4 is 21.0 Å². The molecule has 3 fully saturated rings. The molecule has 2 saturated heterocycles. The fourth-order valence-corrected chi connectivity index (χ4v) is 6.00. The monoisotopic (exact) mass is 424 g/mol. The number of rotatable bonds is 5. The van der Waals surface area contributed by atoms with Crippen LogP contribution in [0, 0.1) is 11.8 Å². The van der Waals surface area contributed by atoms with Gasteiger partial charge in [0.15, 0.2) is 0 Å². The van der Waals surface area contributed by atoms with Gasteiger partial charge in [-0.1, -0.05) is 6.08 Å². The largest absolute Gasteiger partial charge is 0.534 e. The van der Waals surface area contributed by atoms with E-state index in [1.807, 2.05) is 6.07 Å². The van der Waals surface area contributed by atoms with Crippen molar-refractivity contribution in [2.24, 2.45) is 11.8 Å². The van der Waals surface area contributed by atoms with E-state index in [-0.39, 0.29) is 11.3 Å². The van der Waals surface area contributed by atoms with E-state index in [9.17, 15) is 21.6 Å². The SMILES string of the molecule is C=CC1C2CCN3C(Cc4ccnc5ccc(OS(=O)(=O)C(F)(F)F)cc45)CC123. The van der Waals surface area contributed by atoms with Gasteiger partial charge in [-0.25, -0.2) is 0 Å². The normalized spacial score (nSPS) is 31.1. The van der Waals surface area contributed by atoms with Crippen LogP contribution < -0.4 is 4.18 Å². The van der Waals surface area contributed by atoms with Crippen LogP contribution >= 0.6 is 0 Å². The zero-order valence-corrected chi connectivity index (χ0v) is 16.2. The van der Waals surface area contributed by atoms with Crippen LogP contribution in [0.5, 0.6) is 5.75 Å². The van der Waals surface area contributed by atoms with Crippen LogP contribution in [0.25, 0.3) is 10.9 Å². The Balaban J connectivity index is 1.41. The molecule has 1 spiro atoms. The molecule has 0 amide bonds. The molecule has 4 unspecified atom stereocenters. The van der Waals surface area contributed by atoms with Gasteiger partial charge >= 0.3 is 15.6 Å². The van der Waals surface area contributed by atoms with Crippen LogP contribution in [0.1, 0.15) is 18.4 Å². The summed E-state index contributed by atoms with van der Waals surface area (Å²) in [4.78, 5) is 6.77. The fraction of sp³-hybridized carbons (Fsp3) is 0.450. The van der Waals surface area contributed by atoms with Crippen molar-refractivity contribution in [3.8, 4) is 5.75 Å². The van der Waals surface area contributed by atoms with Crippen LogP contribution in [0.3, 0.4) is 0 Å². The average molecular weight is 424 g/mol. The second-order valence-corrected chi connectivity index (χ2v) is 9.57. The number of pyridine rings is 1. The predicted octanol–water partition coefficient (Wildman–Crippen LogP) is 3.65. The van der Waals surface area contributed by atoms with Crippen molar-refractivity contribution in [3.63, 3.8) is 0 Å². The standard InChI is InChI=1S/C20H19F3N2O3S/c1-2-16-17-6-8-25-13(11-19(16,17)25)9-12-5-7-24-18-4-3-14(10-15(12)18)28-29(26,27)20(21,22)23/h2-5,7,10,13,16-17H,1,6,8-9,11H2. The maximum absolute atomic E-state index is 12.6. The van der Waals surface area contributed by atoms with Gasteiger partial charge in [-0.3, -0.25) is 9.88 Å². The Hall–Kier alpha value is -2.13. The van der Waals surface area contributed by atoms with Crippen molar-refractivity contribution < 1.29 is 25.8 Å². The first-order valence-electron chi connectivity index (χ1n) is 9.45. The number of hydrogen-bond donors (Lipinski definition) is 0. The minimum absolute atomic E-state index is 0.282. The van der Waals surface area contributed by atoms with E-state index in [4.69, 9.17) is 0 Å². The molecule has 1 aliphatic carbocycles. The van der Waals surface area contributed by atoms with Crippen molar-refractivity contribution in [2.75, 3.05) is 6.54 Å². The van der Waals surface area contributed by atoms with E-state index < -0.39 is 15.6 Å². The number of piperidine rings is 1.